The number of nitro groups is 1. The number of benzene rings is 1. The van der Waals surface area contributed by atoms with Gasteiger partial charge in [0, 0.05) is 5.56 Å². The summed E-state index contributed by atoms with van der Waals surface area (Å²) in [5.74, 6) is -1.90. The molecule has 0 bridgehead atoms. The number of halogens is 2. The highest BCUT2D eigenvalue weighted by atomic mass is 19.3. The fourth-order valence-corrected chi connectivity index (χ4v) is 3.42. The molecule has 2 atom stereocenters. The first kappa shape index (κ1) is 28.3. The summed E-state index contributed by atoms with van der Waals surface area (Å²) in [5.41, 5.74) is -0.792. The van der Waals surface area contributed by atoms with Crippen molar-refractivity contribution in [1.29, 1.82) is 0 Å². The van der Waals surface area contributed by atoms with Gasteiger partial charge in [0.15, 0.2) is 0 Å². The van der Waals surface area contributed by atoms with Gasteiger partial charge < -0.3 is 29.6 Å². The Bertz CT molecular complexity index is 1070. The van der Waals surface area contributed by atoms with Gasteiger partial charge in [0.2, 0.25) is 0 Å². The molecule has 2 rings (SSSR count). The van der Waals surface area contributed by atoms with Gasteiger partial charge in [-0.1, -0.05) is 18.2 Å². The Morgan fingerprint density at radius 2 is 1.83 bits per heavy atom. The Morgan fingerprint density at radius 1 is 1.19 bits per heavy atom. The molecule has 2 N–H and O–H groups in total. The van der Waals surface area contributed by atoms with Crippen LogP contribution in [0.3, 0.4) is 0 Å². The zero-order valence-corrected chi connectivity index (χ0v) is 20.7. The predicted molar refractivity (Wildman–Crippen MR) is 123 cm³/mol. The minimum atomic E-state index is -3.18. The third kappa shape index (κ3) is 7.82. The maximum Gasteiger partial charge on any atom is 0.513 e. The number of alkyl halides is 2. The van der Waals surface area contributed by atoms with Crippen LogP contribution in [-0.4, -0.2) is 42.0 Å². The number of hydrogen-bond acceptors (Lipinski definition) is 9. The number of amides is 1. The molecule has 2 unspecified atom stereocenters. The SMILES string of the molecule is CC1=C(OC(=O)OCC(C)NC(=O)OC(C)(C)C)C(c2ccccc2OC(F)F)C([N+](=O)[O-])=C(C)N1. The van der Waals surface area contributed by atoms with Gasteiger partial charge in [0.25, 0.3) is 5.70 Å². The number of para-hydroxylation sites is 1. The quantitative estimate of drug-likeness (QED) is 0.286. The van der Waals surface area contributed by atoms with Crippen molar-refractivity contribution in [3.8, 4) is 5.75 Å². The van der Waals surface area contributed by atoms with Crippen LogP contribution in [0.1, 0.15) is 53.0 Å². The van der Waals surface area contributed by atoms with Gasteiger partial charge in [-0.05, 0) is 47.6 Å². The van der Waals surface area contributed by atoms with Crippen LogP contribution in [-0.2, 0) is 14.2 Å². The molecule has 0 saturated heterocycles. The summed E-state index contributed by atoms with van der Waals surface area (Å²) in [6, 6.07) is 4.84. The Hall–Kier alpha value is -3.90. The average Bonchev–Trinajstić information content (AvgIpc) is 2.72. The summed E-state index contributed by atoms with van der Waals surface area (Å²) in [7, 11) is 0. The highest BCUT2D eigenvalue weighted by Crippen LogP contribution is 2.42. The number of carbonyl (C=O) groups excluding carboxylic acids is 2. The van der Waals surface area contributed by atoms with E-state index < -0.39 is 47.0 Å². The molecule has 0 aliphatic carbocycles. The van der Waals surface area contributed by atoms with Crippen LogP contribution in [0, 0.1) is 10.1 Å². The van der Waals surface area contributed by atoms with Crippen molar-refractivity contribution in [2.75, 3.05) is 6.61 Å². The molecule has 1 amide bonds. The number of ether oxygens (including phenoxy) is 4. The largest absolute Gasteiger partial charge is 0.513 e. The third-order valence-electron chi connectivity index (χ3n) is 4.71. The molecule has 198 valence electrons. The van der Waals surface area contributed by atoms with Crippen molar-refractivity contribution in [2.24, 2.45) is 0 Å². The van der Waals surface area contributed by atoms with Crippen LogP contribution in [0.15, 0.2) is 47.1 Å². The first-order valence-electron chi connectivity index (χ1n) is 10.9. The summed E-state index contributed by atoms with van der Waals surface area (Å²) in [6.45, 7) is 6.08. The number of dihydropyridines is 1. The normalized spacial score (nSPS) is 16.8. The molecule has 1 aromatic carbocycles. The van der Waals surface area contributed by atoms with Crippen LogP contribution in [0.2, 0.25) is 0 Å². The van der Waals surface area contributed by atoms with Crippen molar-refractivity contribution in [1.82, 2.24) is 10.6 Å². The Morgan fingerprint density at radius 3 is 2.42 bits per heavy atom. The van der Waals surface area contributed by atoms with Crippen LogP contribution in [0.4, 0.5) is 18.4 Å². The summed E-state index contributed by atoms with van der Waals surface area (Å²) >= 11 is 0. The molecule has 1 aliphatic rings. The maximum atomic E-state index is 13.0. The Balaban J connectivity index is 2.25. The number of hydrogen-bond donors (Lipinski definition) is 2. The number of allylic oxidation sites excluding steroid dienone is 2. The lowest BCUT2D eigenvalue weighted by Crippen LogP contribution is -2.40. The maximum absolute atomic E-state index is 13.0. The second-order valence-corrected chi connectivity index (χ2v) is 8.94. The van der Waals surface area contributed by atoms with Crippen LogP contribution < -0.4 is 15.4 Å². The van der Waals surface area contributed by atoms with Gasteiger partial charge in [-0.3, -0.25) is 10.1 Å². The van der Waals surface area contributed by atoms with Gasteiger partial charge in [-0.2, -0.15) is 8.78 Å². The molecule has 1 aromatic rings. The van der Waals surface area contributed by atoms with Gasteiger partial charge in [-0.25, -0.2) is 9.59 Å². The van der Waals surface area contributed by atoms with E-state index >= 15 is 0 Å². The number of alkyl carbamates (subject to hydrolysis) is 1. The van der Waals surface area contributed by atoms with Gasteiger partial charge >= 0.3 is 18.9 Å². The van der Waals surface area contributed by atoms with E-state index in [1.165, 1.54) is 38.1 Å². The smallest absolute Gasteiger partial charge is 0.444 e. The summed E-state index contributed by atoms with van der Waals surface area (Å²) in [6.07, 6.45) is -1.93. The first-order valence-corrected chi connectivity index (χ1v) is 10.9. The fourth-order valence-electron chi connectivity index (χ4n) is 3.42. The zero-order chi connectivity index (χ0) is 27.2. The number of nitrogens with one attached hydrogen (secondary N) is 2. The molecule has 1 heterocycles. The molecule has 0 radical (unpaired) electrons. The van der Waals surface area contributed by atoms with Crippen molar-refractivity contribution >= 4 is 12.2 Å². The molecule has 0 aromatic heterocycles. The number of rotatable bonds is 8. The Kier molecular flexibility index (Phi) is 9.20. The second-order valence-electron chi connectivity index (χ2n) is 8.94. The van der Waals surface area contributed by atoms with E-state index in [2.05, 4.69) is 15.4 Å². The van der Waals surface area contributed by atoms with E-state index in [4.69, 9.17) is 14.2 Å². The van der Waals surface area contributed by atoms with E-state index in [0.29, 0.717) is 0 Å². The standard InChI is InChI=1S/C23H29F2N3O8/c1-12(26-21(29)36-23(4,5)6)11-33-22(30)35-19-14(3)27-13(2)18(28(31)32)17(19)15-9-7-8-10-16(15)34-20(24)25/h7-10,12,17,20,27H,11H2,1-6H3,(H,26,29). The van der Waals surface area contributed by atoms with E-state index in [-0.39, 0.29) is 35.1 Å². The molecule has 0 fully saturated rings. The number of carbonyl (C=O) groups is 2. The monoisotopic (exact) mass is 513 g/mol. The molecule has 0 spiro atoms. The molecular weight excluding hydrogens is 484 g/mol. The van der Waals surface area contributed by atoms with E-state index in [1.54, 1.807) is 27.7 Å². The lowest BCUT2D eigenvalue weighted by Gasteiger charge is -2.27. The van der Waals surface area contributed by atoms with Crippen molar-refractivity contribution in [3.63, 3.8) is 0 Å². The van der Waals surface area contributed by atoms with Crippen molar-refractivity contribution < 1.29 is 42.2 Å². The second kappa shape index (κ2) is 11.7. The Labute approximate surface area is 206 Å². The highest BCUT2D eigenvalue weighted by molar-refractivity contribution is 5.68. The lowest BCUT2D eigenvalue weighted by atomic mass is 9.89. The van der Waals surface area contributed by atoms with Crippen LogP contribution >= 0.6 is 0 Å². The van der Waals surface area contributed by atoms with Crippen molar-refractivity contribution in [2.45, 2.75) is 65.7 Å². The van der Waals surface area contributed by atoms with Gasteiger partial charge in [-0.15, -0.1) is 0 Å². The molecule has 1 aliphatic heterocycles. The average molecular weight is 513 g/mol. The molecule has 36 heavy (non-hydrogen) atoms. The molecule has 0 saturated carbocycles. The minimum absolute atomic E-state index is 0.00698. The molecular formula is C23H29F2N3O8. The van der Waals surface area contributed by atoms with Crippen LogP contribution in [0.25, 0.3) is 0 Å². The highest BCUT2D eigenvalue weighted by Gasteiger charge is 2.41. The summed E-state index contributed by atoms with van der Waals surface area (Å²) in [4.78, 5) is 35.6. The predicted octanol–water partition coefficient (Wildman–Crippen LogP) is 4.78. The minimum Gasteiger partial charge on any atom is -0.444 e. The summed E-state index contributed by atoms with van der Waals surface area (Å²) < 4.78 is 46.1. The number of nitrogens with zero attached hydrogens (tertiary/aromatic N) is 1. The van der Waals surface area contributed by atoms with E-state index in [0.717, 1.165) is 0 Å². The topological polar surface area (TPSA) is 138 Å². The van der Waals surface area contributed by atoms with E-state index in [1.807, 2.05) is 0 Å². The zero-order valence-electron chi connectivity index (χ0n) is 20.7. The van der Waals surface area contributed by atoms with Gasteiger partial charge in [0.05, 0.1) is 22.4 Å². The third-order valence-corrected chi connectivity index (χ3v) is 4.71. The van der Waals surface area contributed by atoms with Crippen molar-refractivity contribution in [3.05, 3.63) is 62.8 Å². The van der Waals surface area contributed by atoms with Gasteiger partial charge in [0.1, 0.15) is 29.6 Å². The first-order chi connectivity index (χ1) is 16.7. The molecule has 11 nitrogen and oxygen atoms in total. The fraction of sp³-hybridized carbons (Fsp3) is 0.478. The summed E-state index contributed by atoms with van der Waals surface area (Å²) in [5, 5.41) is 17.2. The van der Waals surface area contributed by atoms with E-state index in [9.17, 15) is 28.5 Å². The molecule has 13 heteroatoms. The lowest BCUT2D eigenvalue weighted by molar-refractivity contribution is -0.431. The van der Waals surface area contributed by atoms with Crippen LogP contribution in [0.5, 0.6) is 5.75 Å².